The predicted octanol–water partition coefficient (Wildman–Crippen LogP) is -0.696. The van der Waals surface area contributed by atoms with Gasteiger partial charge in [0.25, 0.3) is 5.16 Å². The van der Waals surface area contributed by atoms with E-state index in [0.717, 1.165) is 11.1 Å². The minimum atomic E-state index is -4.33. The number of nitrogens with zero attached hydrogens (tertiary/aromatic N) is 1. The topological polar surface area (TPSA) is 113 Å². The summed E-state index contributed by atoms with van der Waals surface area (Å²) in [6, 6.07) is 14.9. The smallest absolute Gasteiger partial charge is 0.870 e. The van der Waals surface area contributed by atoms with Gasteiger partial charge >= 0.3 is 61.5 Å². The summed E-state index contributed by atoms with van der Waals surface area (Å²) in [4.78, 5) is 6.56. The summed E-state index contributed by atoms with van der Waals surface area (Å²) in [5.74, 6) is 0. The van der Waals surface area contributed by atoms with Crippen molar-refractivity contribution in [3.8, 4) is 11.1 Å². The fraction of sp³-hybridized carbons (Fsp3) is 0. The van der Waals surface area contributed by atoms with Crippen LogP contribution >= 0.6 is 0 Å². The maximum atomic E-state index is 11.1. The Morgan fingerprint density at radius 3 is 2.29 bits per heavy atom. The number of rotatable bonds is 2. The van der Waals surface area contributed by atoms with E-state index in [1.54, 1.807) is 12.1 Å². The van der Waals surface area contributed by atoms with Gasteiger partial charge in [-0.1, -0.05) is 42.5 Å². The Morgan fingerprint density at radius 2 is 1.67 bits per heavy atom. The monoisotopic (exact) mass is 330 g/mol. The summed E-state index contributed by atoms with van der Waals surface area (Å²) in [7, 11) is -4.33. The first kappa shape index (κ1) is 18.5. The van der Waals surface area contributed by atoms with Crippen molar-refractivity contribution in [3.63, 3.8) is 0 Å². The Labute approximate surface area is 164 Å². The number of aromatic nitrogens is 2. The zero-order valence-corrected chi connectivity index (χ0v) is 15.1. The number of imidazole rings is 1. The molecule has 0 amide bonds. The van der Waals surface area contributed by atoms with Gasteiger partial charge in [0, 0.05) is 5.56 Å². The molecule has 0 atom stereocenters. The third kappa shape index (κ3) is 3.79. The first-order valence-electron chi connectivity index (χ1n) is 5.57. The quantitative estimate of drug-likeness (QED) is 0.477. The van der Waals surface area contributed by atoms with E-state index in [9.17, 15) is 8.42 Å². The summed E-state index contributed by atoms with van der Waals surface area (Å²) in [6.45, 7) is 0. The molecule has 6 nitrogen and oxygen atoms in total. The Balaban J connectivity index is 0.00000110. The fourth-order valence-electron chi connectivity index (χ4n) is 1.98. The van der Waals surface area contributed by atoms with Crippen LogP contribution in [0.2, 0.25) is 0 Å². The van der Waals surface area contributed by atoms with Crippen LogP contribution < -0.4 is 51.4 Å². The number of hydrogen-bond donors (Lipinski definition) is 2. The average Bonchev–Trinajstić information content (AvgIpc) is 2.83. The van der Waals surface area contributed by atoms with Gasteiger partial charge in [-0.3, -0.25) is 4.55 Å². The van der Waals surface area contributed by atoms with Gasteiger partial charge in [0.1, 0.15) is 0 Å². The predicted molar refractivity (Wildman–Crippen MR) is 73.3 cm³/mol. The minimum absolute atomic E-state index is 0. The number of benzene rings is 2. The first-order valence-corrected chi connectivity index (χ1v) is 7.01. The maximum absolute atomic E-state index is 11.1. The Kier molecular flexibility index (Phi) is 6.26. The molecule has 0 saturated heterocycles. The summed E-state index contributed by atoms with van der Waals surface area (Å²) >= 11 is 0. The van der Waals surface area contributed by atoms with E-state index >= 15 is 0 Å². The van der Waals surface area contributed by atoms with Gasteiger partial charge in [-0.25, -0.2) is 4.98 Å². The second-order valence-electron chi connectivity index (χ2n) is 4.08. The summed E-state index contributed by atoms with van der Waals surface area (Å²) in [5, 5.41) is -0.439. The summed E-state index contributed by atoms with van der Waals surface area (Å²) in [5.41, 5.74) is 2.82. The van der Waals surface area contributed by atoms with Gasteiger partial charge in [-0.05, 0) is 11.6 Å². The van der Waals surface area contributed by atoms with Gasteiger partial charge in [0.15, 0.2) is 0 Å². The first-order chi connectivity index (χ1) is 9.05. The zero-order valence-electron chi connectivity index (χ0n) is 11.2. The van der Waals surface area contributed by atoms with Crippen LogP contribution in [0.25, 0.3) is 22.2 Å². The van der Waals surface area contributed by atoms with E-state index in [1.807, 2.05) is 36.4 Å². The second-order valence-corrected chi connectivity index (χ2v) is 5.42. The van der Waals surface area contributed by atoms with Crippen molar-refractivity contribution in [1.29, 1.82) is 0 Å². The van der Waals surface area contributed by atoms with Gasteiger partial charge in [-0.15, -0.1) is 0 Å². The van der Waals surface area contributed by atoms with E-state index in [2.05, 4.69) is 9.97 Å². The number of fused-ring (bicyclic) bond motifs is 1. The van der Waals surface area contributed by atoms with Crippen molar-refractivity contribution < 1.29 is 69.8 Å². The summed E-state index contributed by atoms with van der Waals surface area (Å²) < 4.78 is 31.3. The van der Waals surface area contributed by atoms with Crippen LogP contribution in [0.3, 0.4) is 0 Å². The molecule has 0 aliphatic heterocycles. The molecule has 0 aliphatic rings. The van der Waals surface area contributed by atoms with Crippen LogP contribution in [0.1, 0.15) is 0 Å². The van der Waals surface area contributed by atoms with Gasteiger partial charge in [0.05, 0.1) is 11.0 Å². The molecule has 1 heterocycles. The standard InChI is InChI=1S/C13H10N2O3S.K.H2O/c16-19(17,18)13-14-11-8-4-7-10(12(11)15-13)9-5-2-1-3-6-9;;/h1-8H,(H,14,15)(H,16,17,18);;1H2/q;+1;/p-1. The summed E-state index contributed by atoms with van der Waals surface area (Å²) in [6.07, 6.45) is 0. The van der Waals surface area contributed by atoms with Crippen LogP contribution in [-0.2, 0) is 10.1 Å². The van der Waals surface area contributed by atoms with Crippen LogP contribution in [0, 0.1) is 0 Å². The molecule has 0 radical (unpaired) electrons. The SMILES string of the molecule is O=S(=O)(O)c1nc2c(-c3ccccc3)cccc2[nH]1.[K+].[OH-]. The molecule has 0 aliphatic carbocycles. The Morgan fingerprint density at radius 1 is 1.00 bits per heavy atom. The minimum Gasteiger partial charge on any atom is -0.870 e. The maximum Gasteiger partial charge on any atom is 1.00 e. The molecule has 3 N–H and O–H groups in total. The third-order valence-electron chi connectivity index (χ3n) is 2.82. The fourth-order valence-corrected chi connectivity index (χ4v) is 2.43. The van der Waals surface area contributed by atoms with Gasteiger partial charge in [0.2, 0.25) is 0 Å². The van der Waals surface area contributed by atoms with Gasteiger partial charge in [-0.2, -0.15) is 8.42 Å². The molecule has 104 valence electrons. The van der Waals surface area contributed by atoms with Crippen molar-refractivity contribution in [1.82, 2.24) is 9.97 Å². The number of nitrogens with one attached hydrogen (secondary N) is 1. The molecular weight excluding hydrogens is 319 g/mol. The number of hydrogen-bond acceptors (Lipinski definition) is 4. The van der Waals surface area contributed by atoms with Gasteiger partial charge < -0.3 is 10.5 Å². The molecule has 0 bridgehead atoms. The molecule has 8 heteroatoms. The molecule has 21 heavy (non-hydrogen) atoms. The molecule has 3 rings (SSSR count). The van der Waals surface area contributed by atoms with Crippen LogP contribution in [0.15, 0.2) is 53.7 Å². The largest absolute Gasteiger partial charge is 1.00 e. The molecular formula is C13H11KN2O4S. The molecule has 3 aromatic rings. The molecule has 0 spiro atoms. The normalized spacial score (nSPS) is 10.7. The third-order valence-corrected chi connectivity index (χ3v) is 3.50. The zero-order chi connectivity index (χ0) is 13.5. The molecule has 1 aromatic heterocycles. The van der Waals surface area contributed by atoms with E-state index in [4.69, 9.17) is 4.55 Å². The van der Waals surface area contributed by atoms with Crippen molar-refractivity contribution in [3.05, 3.63) is 48.5 Å². The van der Waals surface area contributed by atoms with Crippen molar-refractivity contribution in [2.75, 3.05) is 0 Å². The van der Waals surface area contributed by atoms with Crippen molar-refractivity contribution in [2.24, 2.45) is 0 Å². The Bertz CT molecular complexity index is 847. The van der Waals surface area contributed by atoms with E-state index < -0.39 is 15.3 Å². The van der Waals surface area contributed by atoms with Crippen LogP contribution in [0.4, 0.5) is 0 Å². The van der Waals surface area contributed by atoms with E-state index in [0.29, 0.717) is 11.0 Å². The van der Waals surface area contributed by atoms with E-state index in [-0.39, 0.29) is 56.9 Å². The molecule has 2 aromatic carbocycles. The van der Waals surface area contributed by atoms with Crippen molar-refractivity contribution >= 4 is 21.2 Å². The van der Waals surface area contributed by atoms with E-state index in [1.165, 1.54) is 0 Å². The number of aromatic amines is 1. The van der Waals surface area contributed by atoms with Crippen LogP contribution in [-0.4, -0.2) is 28.4 Å². The molecule has 0 fully saturated rings. The Hall–Kier alpha value is -0.584. The second kappa shape index (κ2) is 7.12. The molecule has 0 saturated carbocycles. The average molecular weight is 330 g/mol. The number of H-pyrrole nitrogens is 1. The van der Waals surface area contributed by atoms with Crippen LogP contribution in [0.5, 0.6) is 0 Å². The van der Waals surface area contributed by atoms with Crippen molar-refractivity contribution in [2.45, 2.75) is 5.16 Å². The number of para-hydroxylation sites is 1. The molecule has 0 unspecified atom stereocenters.